The molecule has 0 aliphatic rings. The van der Waals surface area contributed by atoms with Gasteiger partial charge in [-0.05, 0) is 0 Å². The minimum absolute atomic E-state index is 0.0543. The Hall–Kier alpha value is -2.64. The highest BCUT2D eigenvalue weighted by molar-refractivity contribution is 5.86. The Kier molecular flexibility index (Phi) is 3.09. The first-order valence-corrected chi connectivity index (χ1v) is 4.89. The highest BCUT2D eigenvalue weighted by Gasteiger charge is 2.11. The first kappa shape index (κ1) is 11.8. The van der Waals surface area contributed by atoms with Gasteiger partial charge in [-0.1, -0.05) is 5.21 Å². The molecule has 0 amide bonds. The molecule has 8 heteroatoms. The number of hydrogen-bond acceptors (Lipinski definition) is 7. The molecule has 0 bridgehead atoms. The van der Waals surface area contributed by atoms with Crippen LogP contribution in [0.5, 0.6) is 5.75 Å². The van der Waals surface area contributed by atoms with E-state index in [4.69, 9.17) is 9.52 Å². The fourth-order valence-electron chi connectivity index (χ4n) is 1.26. The summed E-state index contributed by atoms with van der Waals surface area (Å²) in [5, 5.41) is 16.3. The Morgan fingerprint density at radius 2 is 2.39 bits per heavy atom. The summed E-state index contributed by atoms with van der Waals surface area (Å²) in [6.07, 6.45) is 2.30. The van der Waals surface area contributed by atoms with Crippen LogP contribution in [0.2, 0.25) is 0 Å². The number of hydrogen-bond donors (Lipinski definition) is 1. The fourth-order valence-corrected chi connectivity index (χ4v) is 1.26. The molecule has 18 heavy (non-hydrogen) atoms. The number of carbonyl (C=O) groups excluding carboxylic acids is 1. The summed E-state index contributed by atoms with van der Waals surface area (Å²) in [4.78, 5) is 22.3. The number of ether oxygens (including phenoxy) is 1. The highest BCUT2D eigenvalue weighted by atomic mass is 16.5. The summed E-state index contributed by atoms with van der Waals surface area (Å²) in [6.45, 7) is 0.111. The maximum atomic E-state index is 11.2. The molecule has 2 aromatic heterocycles. The molecular formula is C10H9N3O5. The van der Waals surface area contributed by atoms with Crippen LogP contribution in [-0.4, -0.2) is 33.2 Å². The maximum absolute atomic E-state index is 11.2. The van der Waals surface area contributed by atoms with Crippen LogP contribution in [0.3, 0.4) is 0 Å². The maximum Gasteiger partial charge on any atom is 0.360 e. The van der Waals surface area contributed by atoms with E-state index in [0.29, 0.717) is 0 Å². The molecule has 8 nitrogen and oxygen atoms in total. The molecule has 0 saturated heterocycles. The quantitative estimate of drug-likeness (QED) is 0.750. The summed E-state index contributed by atoms with van der Waals surface area (Å²) in [5.41, 5.74) is -0.497. The molecule has 0 atom stereocenters. The molecule has 2 heterocycles. The number of nitrogens with zero attached hydrogens (tertiary/aromatic N) is 3. The van der Waals surface area contributed by atoms with Gasteiger partial charge in [-0.2, -0.15) is 0 Å². The third-order valence-corrected chi connectivity index (χ3v) is 2.12. The second-order valence-corrected chi connectivity index (χ2v) is 3.39. The molecule has 2 aromatic rings. The van der Waals surface area contributed by atoms with Crippen LogP contribution >= 0.6 is 0 Å². The van der Waals surface area contributed by atoms with E-state index < -0.39 is 17.1 Å². The number of esters is 1. The van der Waals surface area contributed by atoms with E-state index in [1.54, 1.807) is 0 Å². The summed E-state index contributed by atoms with van der Waals surface area (Å²) >= 11 is 0. The van der Waals surface area contributed by atoms with Crippen LogP contribution in [0, 0.1) is 0 Å². The fraction of sp³-hybridized carbons (Fsp3) is 0.200. The third-order valence-electron chi connectivity index (χ3n) is 2.12. The lowest BCUT2D eigenvalue weighted by Gasteiger charge is -1.99. The SMILES string of the molecule is COC(=O)c1cn(Cc2cc(=O)c(O)co2)nn1. The van der Waals surface area contributed by atoms with Crippen molar-refractivity contribution in [2.45, 2.75) is 6.54 Å². The van der Waals surface area contributed by atoms with Gasteiger partial charge in [0.05, 0.1) is 13.3 Å². The van der Waals surface area contributed by atoms with Crippen LogP contribution in [0.1, 0.15) is 16.2 Å². The van der Waals surface area contributed by atoms with Gasteiger partial charge in [0.2, 0.25) is 5.43 Å². The van der Waals surface area contributed by atoms with Gasteiger partial charge < -0.3 is 14.3 Å². The van der Waals surface area contributed by atoms with E-state index in [1.165, 1.54) is 18.0 Å². The molecule has 2 rings (SSSR count). The lowest BCUT2D eigenvalue weighted by molar-refractivity contribution is 0.0594. The van der Waals surface area contributed by atoms with Gasteiger partial charge in [-0.15, -0.1) is 5.10 Å². The van der Waals surface area contributed by atoms with Crippen molar-refractivity contribution in [3.05, 3.63) is 40.2 Å². The number of carbonyl (C=O) groups is 1. The first-order chi connectivity index (χ1) is 8.60. The van der Waals surface area contributed by atoms with Crippen LogP contribution in [0.4, 0.5) is 0 Å². The standard InChI is InChI=1S/C10H9N3O5/c1-17-10(16)7-4-13(12-11-7)3-6-2-8(14)9(15)5-18-6/h2,4-5,15H,3H2,1H3. The molecule has 1 N–H and O–H groups in total. The van der Waals surface area contributed by atoms with Crippen molar-refractivity contribution in [3.8, 4) is 5.75 Å². The molecule has 0 fully saturated rings. The Labute approximate surface area is 100 Å². The largest absolute Gasteiger partial charge is 0.502 e. The minimum atomic E-state index is -0.603. The summed E-state index contributed by atoms with van der Waals surface area (Å²) < 4.78 is 10.8. The second-order valence-electron chi connectivity index (χ2n) is 3.39. The zero-order valence-corrected chi connectivity index (χ0v) is 9.36. The Bertz CT molecular complexity index is 630. The van der Waals surface area contributed by atoms with Crippen LogP contribution < -0.4 is 5.43 Å². The molecule has 0 radical (unpaired) electrons. The van der Waals surface area contributed by atoms with Crippen molar-refractivity contribution in [2.24, 2.45) is 0 Å². The number of aromatic nitrogens is 3. The molecular weight excluding hydrogens is 242 g/mol. The molecule has 0 spiro atoms. The Morgan fingerprint density at radius 1 is 1.61 bits per heavy atom. The van der Waals surface area contributed by atoms with Crippen molar-refractivity contribution < 1.29 is 19.1 Å². The molecule has 0 unspecified atom stereocenters. The molecule has 0 aromatic carbocycles. The normalized spacial score (nSPS) is 10.3. The summed E-state index contributed by atoms with van der Waals surface area (Å²) in [5.74, 6) is -0.792. The van der Waals surface area contributed by atoms with Crippen molar-refractivity contribution >= 4 is 5.97 Å². The molecule has 0 aliphatic heterocycles. The van der Waals surface area contributed by atoms with E-state index in [2.05, 4.69) is 15.0 Å². The summed E-state index contributed by atoms with van der Waals surface area (Å²) in [6, 6.07) is 1.13. The van der Waals surface area contributed by atoms with Gasteiger partial charge >= 0.3 is 5.97 Å². The van der Waals surface area contributed by atoms with Crippen LogP contribution in [0.25, 0.3) is 0 Å². The Morgan fingerprint density at radius 3 is 3.06 bits per heavy atom. The third kappa shape index (κ3) is 2.37. The van der Waals surface area contributed by atoms with Gasteiger partial charge in [0, 0.05) is 6.07 Å². The van der Waals surface area contributed by atoms with Gasteiger partial charge in [-0.25, -0.2) is 9.48 Å². The van der Waals surface area contributed by atoms with E-state index in [9.17, 15) is 9.59 Å². The zero-order valence-electron chi connectivity index (χ0n) is 9.36. The molecule has 94 valence electrons. The lowest BCUT2D eigenvalue weighted by atomic mass is 10.3. The number of rotatable bonds is 3. The van der Waals surface area contributed by atoms with Crippen molar-refractivity contribution in [1.82, 2.24) is 15.0 Å². The summed E-state index contributed by atoms with van der Waals surface area (Å²) in [7, 11) is 1.24. The van der Waals surface area contributed by atoms with E-state index in [-0.39, 0.29) is 18.0 Å². The van der Waals surface area contributed by atoms with E-state index in [1.807, 2.05) is 0 Å². The van der Waals surface area contributed by atoms with Gasteiger partial charge in [0.25, 0.3) is 0 Å². The zero-order chi connectivity index (χ0) is 13.1. The van der Waals surface area contributed by atoms with E-state index in [0.717, 1.165) is 12.3 Å². The molecule has 0 aliphatic carbocycles. The predicted octanol–water partition coefficient (Wildman–Crippen LogP) is -0.228. The van der Waals surface area contributed by atoms with Gasteiger partial charge in [-0.3, -0.25) is 4.79 Å². The lowest BCUT2D eigenvalue weighted by Crippen LogP contribution is -2.05. The molecule has 0 saturated carbocycles. The highest BCUT2D eigenvalue weighted by Crippen LogP contribution is 2.05. The first-order valence-electron chi connectivity index (χ1n) is 4.89. The van der Waals surface area contributed by atoms with Crippen LogP contribution in [0.15, 0.2) is 27.7 Å². The average molecular weight is 251 g/mol. The van der Waals surface area contributed by atoms with Gasteiger partial charge in [0.15, 0.2) is 11.4 Å². The second kappa shape index (κ2) is 4.70. The van der Waals surface area contributed by atoms with Crippen molar-refractivity contribution in [1.29, 1.82) is 0 Å². The predicted molar refractivity (Wildman–Crippen MR) is 57.1 cm³/mol. The van der Waals surface area contributed by atoms with E-state index >= 15 is 0 Å². The van der Waals surface area contributed by atoms with Crippen LogP contribution in [-0.2, 0) is 11.3 Å². The Balaban J connectivity index is 2.18. The van der Waals surface area contributed by atoms with Crippen molar-refractivity contribution in [3.63, 3.8) is 0 Å². The average Bonchev–Trinajstić information content (AvgIpc) is 2.81. The topological polar surface area (TPSA) is 107 Å². The monoisotopic (exact) mass is 251 g/mol. The van der Waals surface area contributed by atoms with Crippen molar-refractivity contribution in [2.75, 3.05) is 7.11 Å². The van der Waals surface area contributed by atoms with Gasteiger partial charge in [0.1, 0.15) is 18.6 Å². The smallest absolute Gasteiger partial charge is 0.360 e. The minimum Gasteiger partial charge on any atom is -0.502 e. The number of methoxy groups -OCH3 is 1. The number of aromatic hydroxyl groups is 1.